The number of aryl methyl sites for hydroxylation is 4. The van der Waals surface area contributed by atoms with E-state index in [2.05, 4.69) is 33.8 Å². The number of nitrogens with zero attached hydrogens (tertiary/aromatic N) is 8. The Morgan fingerprint density at radius 2 is 1.04 bits per heavy atom. The van der Waals surface area contributed by atoms with E-state index in [1.165, 1.54) is 46.7 Å². The number of fused-ring (bicyclic) bond motifs is 4. The number of aromatic nitrogens is 4. The van der Waals surface area contributed by atoms with Gasteiger partial charge < -0.3 is 72.6 Å². The number of carbonyl (C=O) groups excluding carboxylic acids is 7. The number of Topliss-reactive ketones (excluding diaryl/α,β-unsaturated/α-hetero) is 1. The van der Waals surface area contributed by atoms with Gasteiger partial charge in [0, 0.05) is 84.7 Å². The molecule has 10 rings (SSSR count). The van der Waals surface area contributed by atoms with Crippen molar-refractivity contribution < 1.29 is 81.4 Å². The number of benzene rings is 2. The topological polar surface area (TPSA) is 303 Å². The lowest BCUT2D eigenvalue weighted by Gasteiger charge is -2.42. The fraction of sp³-hybridized carbons (Fsp3) is 0.538. The molecule has 4 saturated heterocycles. The van der Waals surface area contributed by atoms with Crippen LogP contribution in [0.1, 0.15) is 163 Å². The summed E-state index contributed by atoms with van der Waals surface area (Å²) in [5, 5.41) is 14.5. The summed E-state index contributed by atoms with van der Waals surface area (Å²) in [5.74, 6) is -0.938. The molecular weight excluding hydrogens is 1190 g/mol. The number of anilines is 4. The number of carboxylic acids is 1. The maximum Gasteiger partial charge on any atom is 0.416 e. The molecule has 27 nitrogen and oxygen atoms in total. The van der Waals surface area contributed by atoms with Gasteiger partial charge in [-0.2, -0.15) is 0 Å². The van der Waals surface area contributed by atoms with Gasteiger partial charge in [0.25, 0.3) is 11.8 Å². The van der Waals surface area contributed by atoms with Gasteiger partial charge in [-0.3, -0.25) is 24.0 Å². The monoisotopic (exact) mass is 1280 g/mol. The van der Waals surface area contributed by atoms with Crippen molar-refractivity contribution in [1.82, 2.24) is 28.9 Å². The van der Waals surface area contributed by atoms with Crippen LogP contribution in [0.25, 0.3) is 0 Å². The van der Waals surface area contributed by atoms with Crippen LogP contribution in [0, 0.1) is 13.8 Å². The van der Waals surface area contributed by atoms with Crippen LogP contribution in [-0.4, -0.2) is 171 Å². The third kappa shape index (κ3) is 16.3. The van der Waals surface area contributed by atoms with Crippen LogP contribution in [0.5, 0.6) is 11.5 Å². The first-order chi connectivity index (χ1) is 44.3. The number of nitrogens with one attached hydrogen (secondary N) is 2. The molecule has 2 aromatic carbocycles. The highest BCUT2D eigenvalue weighted by Gasteiger charge is 2.49. The van der Waals surface area contributed by atoms with Gasteiger partial charge in [0.15, 0.2) is 48.3 Å². The van der Waals surface area contributed by atoms with Crippen LogP contribution in [0.3, 0.4) is 0 Å². The maximum atomic E-state index is 14.0. The molecule has 4 fully saturated rings. The molecule has 496 valence electrons. The predicted octanol–water partition coefficient (Wildman–Crippen LogP) is 8.97. The van der Waals surface area contributed by atoms with Crippen molar-refractivity contribution in [2.45, 2.75) is 161 Å². The van der Waals surface area contributed by atoms with Crippen molar-refractivity contribution >= 4 is 70.6 Å². The van der Waals surface area contributed by atoms with Gasteiger partial charge in [0.2, 0.25) is 17.6 Å². The van der Waals surface area contributed by atoms with E-state index in [0.29, 0.717) is 116 Å². The van der Waals surface area contributed by atoms with Crippen molar-refractivity contribution in [2.75, 3.05) is 73.2 Å². The number of amides is 6. The van der Waals surface area contributed by atoms with E-state index < -0.39 is 49.2 Å². The zero-order valence-corrected chi connectivity index (χ0v) is 53.0. The number of ether oxygens (including phenoxy) is 8. The maximum absolute atomic E-state index is 14.0. The average molecular weight is 1280 g/mol. The van der Waals surface area contributed by atoms with Gasteiger partial charge in [-0.15, -0.1) is 0 Å². The molecule has 0 aliphatic carbocycles. The van der Waals surface area contributed by atoms with E-state index >= 15 is 0 Å². The van der Waals surface area contributed by atoms with Gasteiger partial charge in [0.05, 0.1) is 47.8 Å². The highest BCUT2D eigenvalue weighted by molar-refractivity contribution is 6.07. The van der Waals surface area contributed by atoms with E-state index in [9.17, 15) is 38.4 Å². The molecule has 3 N–H and O–H groups in total. The zero-order valence-electron chi connectivity index (χ0n) is 53.0. The Bertz CT molecular complexity index is 3150. The van der Waals surface area contributed by atoms with E-state index in [1.807, 2.05) is 18.7 Å². The summed E-state index contributed by atoms with van der Waals surface area (Å²) >= 11 is 0. The molecule has 2 aromatic heterocycles. The molecule has 27 heteroatoms. The van der Waals surface area contributed by atoms with Crippen molar-refractivity contribution in [3.63, 3.8) is 0 Å². The fourth-order valence-corrected chi connectivity index (χ4v) is 12.2. The first-order valence-corrected chi connectivity index (χ1v) is 31.6. The summed E-state index contributed by atoms with van der Waals surface area (Å²) in [6.45, 7) is 15.0. The van der Waals surface area contributed by atoms with Crippen LogP contribution < -0.4 is 29.9 Å². The first-order valence-electron chi connectivity index (χ1n) is 31.6. The summed E-state index contributed by atoms with van der Waals surface area (Å²) < 4.78 is 51.0. The quantitative estimate of drug-likeness (QED) is 0.0375. The molecule has 6 aliphatic rings. The second kappa shape index (κ2) is 31.6. The normalized spacial score (nSPS) is 21.1. The number of imidazole rings is 2. The molecule has 0 radical (unpaired) electrons. The summed E-state index contributed by atoms with van der Waals surface area (Å²) in [6, 6.07) is 6.03. The Morgan fingerprint density at radius 3 is 1.42 bits per heavy atom. The van der Waals surface area contributed by atoms with Crippen LogP contribution >= 0.6 is 0 Å². The summed E-state index contributed by atoms with van der Waals surface area (Å²) in [4.78, 5) is 118. The summed E-state index contributed by atoms with van der Waals surface area (Å²) in [5.41, 5.74) is 2.76. The Kier molecular flexibility index (Phi) is 23.2. The molecule has 8 heterocycles. The first kappa shape index (κ1) is 67.7. The predicted molar refractivity (Wildman–Crippen MR) is 335 cm³/mol. The Labute approximate surface area is 534 Å². The lowest BCUT2D eigenvalue weighted by atomic mass is 10.00. The molecule has 92 heavy (non-hydrogen) atoms. The molecular formula is C65H84N10O17. The number of carboxylic acid groups (broad SMARTS) is 1. The fourth-order valence-electron chi connectivity index (χ4n) is 12.2. The van der Waals surface area contributed by atoms with Crippen molar-refractivity contribution in [3.8, 4) is 11.5 Å². The van der Waals surface area contributed by atoms with Gasteiger partial charge in [0.1, 0.15) is 24.7 Å². The van der Waals surface area contributed by atoms with Gasteiger partial charge in [-0.1, -0.05) is 25.3 Å². The highest BCUT2D eigenvalue weighted by atomic mass is 16.7. The second-order valence-corrected chi connectivity index (χ2v) is 23.5. The van der Waals surface area contributed by atoms with E-state index in [4.69, 9.17) is 43.0 Å². The smallest absolute Gasteiger partial charge is 0.416 e. The standard InChI is InChI=1S/C33H43N5O8.C32H41N5O9/c1-5-15-45-33(42)38-25-19-26(43-17-10-12-28(40)34-27-20-36(4)30(35-27)22(3)39)21(2)18-23(25)31(41)37-14-8-6-11-24(37)32(38)46-29-13-7-9-16-44-29;1-4-14-45-32(42)37-23-18-24(43-16-9-11-26(38)33-25-19-35(3)28(34-25)31(40)41)20(2)17-21(23)29(39)36-13-7-5-10-22(36)30(37)46-27-12-6-8-15-44-27/h5,18-20,24,29,32H,1,6-17H2,2-4H3,(H,34,40);4,17-19,22,27,30H,1,5-16H2,2-3H3,(H,33,38)(H,40,41)/t24-,29?,32?;22-,27?,30?/m00/s1. The van der Waals surface area contributed by atoms with Crippen molar-refractivity contribution in [3.05, 3.63) is 95.9 Å². The third-order valence-electron chi connectivity index (χ3n) is 16.7. The number of rotatable bonds is 22. The van der Waals surface area contributed by atoms with Crippen molar-refractivity contribution in [2.24, 2.45) is 14.1 Å². The molecule has 0 spiro atoms. The van der Waals surface area contributed by atoms with Gasteiger partial charge in [-0.25, -0.2) is 34.2 Å². The molecule has 4 aromatic rings. The minimum absolute atomic E-state index is 0.00844. The molecule has 4 unspecified atom stereocenters. The third-order valence-corrected chi connectivity index (χ3v) is 16.7. The molecule has 6 aliphatic heterocycles. The lowest BCUT2D eigenvalue weighted by Crippen LogP contribution is -2.57. The lowest BCUT2D eigenvalue weighted by molar-refractivity contribution is -0.199. The molecule has 6 atom stereocenters. The number of hydrogen-bond acceptors (Lipinski definition) is 18. The van der Waals surface area contributed by atoms with Crippen LogP contribution in [0.4, 0.5) is 32.6 Å². The summed E-state index contributed by atoms with van der Waals surface area (Å²) in [7, 11) is 3.22. The number of piperidine rings is 2. The Morgan fingerprint density at radius 1 is 0.620 bits per heavy atom. The Balaban J connectivity index is 0.000000217. The minimum atomic E-state index is -1.20. The van der Waals surface area contributed by atoms with Crippen LogP contribution in [0.2, 0.25) is 0 Å². The number of aromatic carboxylic acids is 1. The number of ketones is 1. The molecule has 6 amide bonds. The average Bonchev–Trinajstić information content (AvgIpc) is 1.73. The van der Waals surface area contributed by atoms with Gasteiger partial charge in [-0.05, 0) is 127 Å². The number of carbonyl (C=O) groups is 8. The van der Waals surface area contributed by atoms with E-state index in [-0.39, 0.29) is 92.2 Å². The van der Waals surface area contributed by atoms with Gasteiger partial charge >= 0.3 is 18.2 Å². The zero-order chi connectivity index (χ0) is 65.6. The molecule has 0 bridgehead atoms. The largest absolute Gasteiger partial charge is 0.493 e. The van der Waals surface area contributed by atoms with E-state index in [0.717, 1.165) is 51.4 Å². The Hall–Kier alpha value is -8.66. The minimum Gasteiger partial charge on any atom is -0.493 e. The number of hydrogen-bond donors (Lipinski definition) is 3. The SMILES string of the molecule is C=CCOC(=O)N1c2cc(OCCCC(=O)Nc3cn(C)c(C(=O)O)n3)c(C)cc2C(=O)N2CCCC[C@H]2C1OC1CCCCO1.C=CCOC(=O)N1c2cc(OCCCC(=O)Nc3cn(C)c(C(C)=O)n3)c(C)cc2C(=O)N2CCCC[C@H]2C1OC1CCCCO1. The second-order valence-electron chi connectivity index (χ2n) is 23.5. The van der Waals surface area contributed by atoms with E-state index in [1.54, 1.807) is 47.0 Å². The van der Waals surface area contributed by atoms with Crippen LogP contribution in [-0.2, 0) is 52.1 Å². The molecule has 0 saturated carbocycles. The van der Waals surface area contributed by atoms with Crippen LogP contribution in [0.15, 0.2) is 62.0 Å². The highest BCUT2D eigenvalue weighted by Crippen LogP contribution is 2.42. The summed E-state index contributed by atoms with van der Waals surface area (Å²) in [6.07, 6.45) is 12.8. The van der Waals surface area contributed by atoms with Crippen molar-refractivity contribution in [1.29, 1.82) is 0 Å².